The Hall–Kier alpha value is -2.62. The van der Waals surface area contributed by atoms with Gasteiger partial charge in [0.1, 0.15) is 5.78 Å². The molecule has 1 unspecified atom stereocenters. The molecule has 5 atom stereocenters. The van der Waals surface area contributed by atoms with Crippen LogP contribution in [-0.2, 0) is 28.8 Å². The number of nitrogens with two attached hydrogens (primary N) is 1. The van der Waals surface area contributed by atoms with E-state index in [1.54, 1.807) is 4.90 Å². The number of nitrogens with zero attached hydrogens (tertiary/aromatic N) is 2. The number of primary amides is 1. The third-order valence-electron chi connectivity index (χ3n) is 14.8. The first-order valence-corrected chi connectivity index (χ1v) is 19.8. The van der Waals surface area contributed by atoms with Gasteiger partial charge in [-0.1, -0.05) is 74.1 Å². The van der Waals surface area contributed by atoms with Gasteiger partial charge in [-0.05, 0) is 67.6 Å². The Balaban J connectivity index is 1.39. The molecule has 2 saturated heterocycles. The molecule has 0 aromatic rings. The summed E-state index contributed by atoms with van der Waals surface area (Å²) in [7, 11) is 0. The van der Waals surface area contributed by atoms with Crippen molar-refractivity contribution in [3.8, 4) is 0 Å². The van der Waals surface area contributed by atoms with Crippen molar-refractivity contribution in [3.63, 3.8) is 0 Å². The minimum absolute atomic E-state index is 0.00675. The van der Waals surface area contributed by atoms with E-state index < -0.39 is 40.9 Å². The van der Waals surface area contributed by atoms with Crippen LogP contribution in [0, 0.1) is 51.2 Å². The highest BCUT2D eigenvalue weighted by molar-refractivity contribution is 6.36. The second kappa shape index (κ2) is 14.0. The number of fused-ring (bicyclic) bond motifs is 1. The molecule has 51 heavy (non-hydrogen) atoms. The van der Waals surface area contributed by atoms with Crippen molar-refractivity contribution < 1.29 is 28.8 Å². The van der Waals surface area contributed by atoms with Crippen molar-refractivity contribution in [3.05, 3.63) is 0 Å². The van der Waals surface area contributed by atoms with Crippen molar-refractivity contribution in [1.29, 1.82) is 0 Å². The summed E-state index contributed by atoms with van der Waals surface area (Å²) >= 11 is 0. The van der Waals surface area contributed by atoms with Crippen molar-refractivity contribution >= 4 is 35.1 Å². The zero-order valence-electron chi connectivity index (χ0n) is 33.0. The minimum atomic E-state index is -1.01. The Kier molecular flexibility index (Phi) is 10.9. The third-order valence-corrected chi connectivity index (χ3v) is 14.8. The molecule has 286 valence electrons. The van der Waals surface area contributed by atoms with Crippen LogP contribution in [0.25, 0.3) is 0 Å². The summed E-state index contributed by atoms with van der Waals surface area (Å²) in [5, 5.41) is 3.36. The van der Waals surface area contributed by atoms with E-state index in [1.807, 2.05) is 53.4 Å². The Bertz CT molecular complexity index is 1420. The summed E-state index contributed by atoms with van der Waals surface area (Å²) < 4.78 is 0. The third kappa shape index (κ3) is 6.96. The Morgan fingerprint density at radius 1 is 0.882 bits per heavy atom. The van der Waals surface area contributed by atoms with Crippen LogP contribution in [0.4, 0.5) is 0 Å². The molecule has 0 aromatic heterocycles. The van der Waals surface area contributed by atoms with Gasteiger partial charge in [-0.2, -0.15) is 0 Å². The number of ketones is 3. The number of hydrogen-bond donors (Lipinski definition) is 2. The van der Waals surface area contributed by atoms with E-state index in [-0.39, 0.29) is 70.3 Å². The first-order chi connectivity index (χ1) is 23.6. The molecule has 10 nitrogen and oxygen atoms in total. The molecule has 3 N–H and O–H groups in total. The minimum Gasteiger partial charge on any atom is -0.363 e. The van der Waals surface area contributed by atoms with Crippen molar-refractivity contribution in [2.24, 2.45) is 57.0 Å². The highest BCUT2D eigenvalue weighted by Gasteiger charge is 2.85. The summed E-state index contributed by atoms with van der Waals surface area (Å²) in [6.45, 7) is 20.9. The van der Waals surface area contributed by atoms with Gasteiger partial charge < -0.3 is 20.9 Å². The molecule has 5 aliphatic rings. The SMILES string of the molecule is CC(C)[C@H](CC(=O)C[C@H](C(=O)N1C[C@]2(C[C@H]1C(=O)CC(CC1CCC1)C(=O)C(N)=O)C(C)(C)C21CCC1)C(C)(C)C)C(=O)N1CCNCC1(C)C. The Morgan fingerprint density at radius 3 is 2.00 bits per heavy atom. The summed E-state index contributed by atoms with van der Waals surface area (Å²) in [5.74, 6) is -3.92. The van der Waals surface area contributed by atoms with E-state index in [9.17, 15) is 28.8 Å². The average Bonchev–Trinajstić information content (AvgIpc) is 3.20. The first-order valence-electron chi connectivity index (χ1n) is 19.8. The molecule has 10 heteroatoms. The lowest BCUT2D eigenvalue weighted by molar-refractivity contribution is -0.148. The predicted octanol–water partition coefficient (Wildman–Crippen LogP) is 5.10. The fourth-order valence-corrected chi connectivity index (χ4v) is 10.8. The average molecular weight is 711 g/mol. The van der Waals surface area contributed by atoms with E-state index in [0.29, 0.717) is 44.9 Å². The van der Waals surface area contributed by atoms with Crippen LogP contribution in [0.2, 0.25) is 0 Å². The monoisotopic (exact) mass is 710 g/mol. The van der Waals surface area contributed by atoms with Crippen LogP contribution >= 0.6 is 0 Å². The molecule has 2 aliphatic heterocycles. The number of likely N-dealkylation sites (tertiary alicyclic amines) is 1. The van der Waals surface area contributed by atoms with Crippen molar-refractivity contribution in [2.75, 3.05) is 26.2 Å². The molecule has 2 spiro atoms. The summed E-state index contributed by atoms with van der Waals surface area (Å²) in [4.78, 5) is 86.0. The lowest BCUT2D eigenvalue weighted by Crippen LogP contribution is -2.61. The first kappa shape index (κ1) is 39.6. The maximum Gasteiger partial charge on any atom is 0.285 e. The molecule has 3 amide bonds. The quantitative estimate of drug-likeness (QED) is 0.239. The highest BCUT2D eigenvalue weighted by Crippen LogP contribution is 2.88. The van der Waals surface area contributed by atoms with Gasteiger partial charge in [0.05, 0.1) is 6.04 Å². The van der Waals surface area contributed by atoms with Crippen molar-refractivity contribution in [1.82, 2.24) is 15.1 Å². The van der Waals surface area contributed by atoms with Crippen LogP contribution in [0.15, 0.2) is 0 Å². The van der Waals surface area contributed by atoms with E-state index in [1.165, 1.54) is 0 Å². The van der Waals surface area contributed by atoms with Gasteiger partial charge in [0.15, 0.2) is 5.78 Å². The number of Topliss-reactive ketones (excluding diaryl/α,β-unsaturated/α-hetero) is 3. The van der Waals surface area contributed by atoms with Gasteiger partial charge in [0.25, 0.3) is 5.91 Å². The summed E-state index contributed by atoms with van der Waals surface area (Å²) in [5.41, 5.74) is 4.34. The summed E-state index contributed by atoms with van der Waals surface area (Å²) in [6.07, 6.45) is 7.27. The molecule has 3 aliphatic carbocycles. The van der Waals surface area contributed by atoms with E-state index in [0.717, 1.165) is 38.5 Å². The number of hydrogen-bond acceptors (Lipinski definition) is 7. The van der Waals surface area contributed by atoms with Gasteiger partial charge in [-0.15, -0.1) is 0 Å². The van der Waals surface area contributed by atoms with E-state index >= 15 is 0 Å². The van der Waals surface area contributed by atoms with E-state index in [4.69, 9.17) is 5.73 Å². The number of amides is 3. The van der Waals surface area contributed by atoms with Crippen LogP contribution in [0.5, 0.6) is 0 Å². The lowest BCUT2D eigenvalue weighted by Gasteiger charge is -2.45. The largest absolute Gasteiger partial charge is 0.363 e. The van der Waals surface area contributed by atoms with Gasteiger partial charge in [-0.3, -0.25) is 28.8 Å². The fraction of sp³-hybridized carbons (Fsp3) is 0.854. The van der Waals surface area contributed by atoms with Crippen LogP contribution in [0.1, 0.15) is 133 Å². The standard InChI is InChI=1S/C41H66N4O6/c1-25(2)29(35(50)45-17-16-43-23-38(45,6)7)20-28(46)21-30(37(3,4)5)36(51)44-24-41(39(8,9)40(41)14-11-15-40)22-31(44)32(47)19-27(33(48)34(42)49)18-26-12-10-13-26/h25-27,29-31,43H,10-24H2,1-9H3,(H2,42,49)/t27?,29-,30+,31-,41+/m0/s1. The molecule has 2 heterocycles. The van der Waals surface area contributed by atoms with Crippen LogP contribution in [-0.4, -0.2) is 82.6 Å². The molecule has 0 radical (unpaired) electrons. The number of piperazine rings is 1. The second-order valence-corrected chi connectivity index (χ2v) is 19.7. The zero-order chi connectivity index (χ0) is 37.9. The van der Waals surface area contributed by atoms with Gasteiger partial charge >= 0.3 is 0 Å². The van der Waals surface area contributed by atoms with Gasteiger partial charge in [0, 0.05) is 74.1 Å². The predicted molar refractivity (Wildman–Crippen MR) is 196 cm³/mol. The molecule has 0 bridgehead atoms. The Morgan fingerprint density at radius 2 is 1.53 bits per heavy atom. The van der Waals surface area contributed by atoms with E-state index in [2.05, 4.69) is 19.2 Å². The van der Waals surface area contributed by atoms with Crippen molar-refractivity contribution in [2.45, 2.75) is 145 Å². The molecule has 3 saturated carbocycles. The zero-order valence-corrected chi connectivity index (χ0v) is 33.0. The molecular formula is C41H66N4O6. The number of rotatable bonds is 14. The van der Waals surface area contributed by atoms with Gasteiger partial charge in [-0.25, -0.2) is 0 Å². The van der Waals surface area contributed by atoms with Crippen LogP contribution in [0.3, 0.4) is 0 Å². The normalized spacial score (nSPS) is 28.2. The smallest absolute Gasteiger partial charge is 0.285 e. The Labute approximate surface area is 306 Å². The molecule has 5 fully saturated rings. The maximum absolute atomic E-state index is 14.9. The van der Waals surface area contributed by atoms with Crippen LogP contribution < -0.4 is 11.1 Å². The number of nitrogens with one attached hydrogen (secondary N) is 1. The second-order valence-electron chi connectivity index (χ2n) is 19.7. The molecule has 0 aromatic carbocycles. The number of carbonyl (C=O) groups excluding carboxylic acids is 6. The highest BCUT2D eigenvalue weighted by atomic mass is 16.2. The fourth-order valence-electron chi connectivity index (χ4n) is 10.8. The summed E-state index contributed by atoms with van der Waals surface area (Å²) in [6, 6.07) is -0.721. The topological polar surface area (TPSA) is 147 Å². The van der Waals surface area contributed by atoms with Gasteiger partial charge in [0.2, 0.25) is 17.6 Å². The molecule has 5 rings (SSSR count). The molecular weight excluding hydrogens is 644 g/mol. The maximum atomic E-state index is 14.9. The lowest BCUT2D eigenvalue weighted by atomic mass is 9.73. The number of carbonyl (C=O) groups is 6.